The number of hydrogen-bond donors (Lipinski definition) is 2. The summed E-state index contributed by atoms with van der Waals surface area (Å²) in [6.07, 6.45) is 3.20. The minimum Gasteiger partial charge on any atom is -0.336 e. The van der Waals surface area contributed by atoms with Crippen LogP contribution in [-0.2, 0) is 6.54 Å². The molecule has 2 aromatic rings. The van der Waals surface area contributed by atoms with Gasteiger partial charge in [0.1, 0.15) is 5.82 Å². The van der Waals surface area contributed by atoms with Gasteiger partial charge in [-0.25, -0.2) is 10.8 Å². The highest BCUT2D eigenvalue weighted by molar-refractivity contribution is 5.93. The summed E-state index contributed by atoms with van der Waals surface area (Å²) in [7, 11) is 1.73. The van der Waals surface area contributed by atoms with Gasteiger partial charge in [0.15, 0.2) is 0 Å². The van der Waals surface area contributed by atoms with Gasteiger partial charge >= 0.3 is 0 Å². The standard InChI is InChI=1S/C13H15N5O/c1-18(9-11-4-2-3-7-15-11)13(19)10-5-6-12(17-14)16-8-10/h2-8H,9,14H2,1H3,(H,16,17). The topological polar surface area (TPSA) is 84.1 Å². The summed E-state index contributed by atoms with van der Waals surface area (Å²) in [5, 5.41) is 0. The Morgan fingerprint density at radius 1 is 1.32 bits per heavy atom. The highest BCUT2D eigenvalue weighted by atomic mass is 16.2. The van der Waals surface area contributed by atoms with Crippen LogP contribution in [0.4, 0.5) is 5.82 Å². The fourth-order valence-corrected chi connectivity index (χ4v) is 1.63. The van der Waals surface area contributed by atoms with Crippen LogP contribution in [0.25, 0.3) is 0 Å². The van der Waals surface area contributed by atoms with Gasteiger partial charge in [-0.1, -0.05) is 6.07 Å². The summed E-state index contributed by atoms with van der Waals surface area (Å²) in [6.45, 7) is 0.455. The van der Waals surface area contributed by atoms with Gasteiger partial charge in [0.25, 0.3) is 5.91 Å². The Morgan fingerprint density at radius 3 is 2.74 bits per heavy atom. The summed E-state index contributed by atoms with van der Waals surface area (Å²) in [6, 6.07) is 8.95. The zero-order valence-electron chi connectivity index (χ0n) is 10.6. The minimum absolute atomic E-state index is 0.110. The van der Waals surface area contributed by atoms with E-state index in [1.807, 2.05) is 18.2 Å². The summed E-state index contributed by atoms with van der Waals surface area (Å²) >= 11 is 0. The molecule has 0 aromatic carbocycles. The Labute approximate surface area is 111 Å². The predicted molar refractivity (Wildman–Crippen MR) is 72.1 cm³/mol. The number of pyridine rings is 2. The van der Waals surface area contributed by atoms with Gasteiger partial charge in [-0.15, -0.1) is 0 Å². The van der Waals surface area contributed by atoms with Crippen LogP contribution in [-0.4, -0.2) is 27.8 Å². The molecule has 0 aliphatic heterocycles. The van der Waals surface area contributed by atoms with Gasteiger partial charge in [0.05, 0.1) is 17.8 Å². The molecular weight excluding hydrogens is 242 g/mol. The second-order valence-electron chi connectivity index (χ2n) is 4.06. The van der Waals surface area contributed by atoms with Crippen molar-refractivity contribution in [2.45, 2.75) is 6.54 Å². The summed E-state index contributed by atoms with van der Waals surface area (Å²) in [4.78, 5) is 21.9. The van der Waals surface area contributed by atoms with Crippen LogP contribution in [0.15, 0.2) is 42.7 Å². The van der Waals surface area contributed by atoms with Crippen molar-refractivity contribution < 1.29 is 4.79 Å². The smallest absolute Gasteiger partial charge is 0.255 e. The average molecular weight is 257 g/mol. The SMILES string of the molecule is CN(Cc1ccccn1)C(=O)c1ccc(NN)nc1. The summed E-state index contributed by atoms with van der Waals surface area (Å²) < 4.78 is 0. The van der Waals surface area contributed by atoms with Gasteiger partial charge in [-0.05, 0) is 24.3 Å². The molecule has 0 atom stereocenters. The van der Waals surface area contributed by atoms with Crippen LogP contribution < -0.4 is 11.3 Å². The number of rotatable bonds is 4. The number of aromatic nitrogens is 2. The number of nitrogen functional groups attached to an aromatic ring is 1. The first-order chi connectivity index (χ1) is 9.20. The van der Waals surface area contributed by atoms with Crippen molar-refractivity contribution in [3.8, 4) is 0 Å². The largest absolute Gasteiger partial charge is 0.336 e. The van der Waals surface area contributed by atoms with E-state index >= 15 is 0 Å². The van der Waals surface area contributed by atoms with Crippen molar-refractivity contribution in [2.75, 3.05) is 12.5 Å². The fourth-order valence-electron chi connectivity index (χ4n) is 1.63. The molecule has 2 aromatic heterocycles. The lowest BCUT2D eigenvalue weighted by Gasteiger charge is -2.16. The van der Waals surface area contributed by atoms with Crippen LogP contribution in [0.5, 0.6) is 0 Å². The molecule has 0 spiro atoms. The molecule has 3 N–H and O–H groups in total. The first-order valence-corrected chi connectivity index (χ1v) is 5.79. The maximum Gasteiger partial charge on any atom is 0.255 e. The minimum atomic E-state index is -0.110. The van der Waals surface area contributed by atoms with Gasteiger partial charge in [0, 0.05) is 19.4 Å². The Morgan fingerprint density at radius 2 is 2.16 bits per heavy atom. The lowest BCUT2D eigenvalue weighted by Crippen LogP contribution is -2.26. The van der Waals surface area contributed by atoms with Crippen molar-refractivity contribution in [3.05, 3.63) is 54.0 Å². The molecule has 6 nitrogen and oxygen atoms in total. The van der Waals surface area contributed by atoms with Gasteiger partial charge in [-0.3, -0.25) is 9.78 Å². The molecule has 6 heteroatoms. The molecule has 98 valence electrons. The number of carbonyl (C=O) groups is 1. The number of anilines is 1. The summed E-state index contributed by atoms with van der Waals surface area (Å²) in [5.41, 5.74) is 3.77. The maximum atomic E-state index is 12.2. The second kappa shape index (κ2) is 5.92. The third-order valence-corrected chi connectivity index (χ3v) is 2.63. The fraction of sp³-hybridized carbons (Fsp3) is 0.154. The van der Waals surface area contributed by atoms with E-state index in [-0.39, 0.29) is 5.91 Å². The Hall–Kier alpha value is -2.47. The number of nitrogens with two attached hydrogens (primary N) is 1. The Balaban J connectivity index is 2.06. The number of amides is 1. The van der Waals surface area contributed by atoms with Crippen molar-refractivity contribution in [1.82, 2.24) is 14.9 Å². The van der Waals surface area contributed by atoms with E-state index in [0.717, 1.165) is 5.69 Å². The van der Waals surface area contributed by atoms with E-state index in [1.165, 1.54) is 6.20 Å². The molecule has 0 radical (unpaired) electrons. The van der Waals surface area contributed by atoms with Crippen molar-refractivity contribution in [2.24, 2.45) is 5.84 Å². The van der Waals surface area contributed by atoms with Crippen molar-refractivity contribution >= 4 is 11.7 Å². The molecule has 0 bridgehead atoms. The maximum absolute atomic E-state index is 12.2. The zero-order valence-corrected chi connectivity index (χ0v) is 10.6. The lowest BCUT2D eigenvalue weighted by atomic mass is 10.2. The number of carbonyl (C=O) groups excluding carboxylic acids is 1. The van der Waals surface area contributed by atoms with E-state index in [1.54, 1.807) is 30.3 Å². The summed E-state index contributed by atoms with van der Waals surface area (Å²) in [5.74, 6) is 5.63. The Bertz CT molecular complexity index is 541. The average Bonchev–Trinajstić information content (AvgIpc) is 2.47. The molecule has 0 aliphatic rings. The molecule has 19 heavy (non-hydrogen) atoms. The second-order valence-corrected chi connectivity index (χ2v) is 4.06. The predicted octanol–water partition coefficient (Wildman–Crippen LogP) is 1.03. The zero-order chi connectivity index (χ0) is 13.7. The van der Waals surface area contributed by atoms with E-state index in [0.29, 0.717) is 17.9 Å². The molecule has 0 fully saturated rings. The lowest BCUT2D eigenvalue weighted by molar-refractivity contribution is 0.0783. The van der Waals surface area contributed by atoms with Gasteiger partial charge < -0.3 is 10.3 Å². The molecule has 0 aliphatic carbocycles. The number of hydrazine groups is 1. The van der Waals surface area contributed by atoms with Crippen LogP contribution in [0.2, 0.25) is 0 Å². The van der Waals surface area contributed by atoms with E-state index in [4.69, 9.17) is 5.84 Å². The number of nitrogens with zero attached hydrogens (tertiary/aromatic N) is 3. The van der Waals surface area contributed by atoms with Crippen molar-refractivity contribution in [1.29, 1.82) is 0 Å². The number of hydrogen-bond acceptors (Lipinski definition) is 5. The van der Waals surface area contributed by atoms with E-state index < -0.39 is 0 Å². The van der Waals surface area contributed by atoms with Crippen molar-refractivity contribution in [3.63, 3.8) is 0 Å². The molecule has 0 unspecified atom stereocenters. The van der Waals surface area contributed by atoms with Gasteiger partial charge in [-0.2, -0.15) is 0 Å². The molecule has 0 saturated carbocycles. The highest BCUT2D eigenvalue weighted by Gasteiger charge is 2.12. The molecule has 1 amide bonds. The molecular formula is C13H15N5O. The Kier molecular flexibility index (Phi) is 4.04. The first-order valence-electron chi connectivity index (χ1n) is 5.79. The van der Waals surface area contributed by atoms with Crippen LogP contribution >= 0.6 is 0 Å². The normalized spacial score (nSPS) is 10.0. The first kappa shape index (κ1) is 13.0. The van der Waals surface area contributed by atoms with E-state index in [9.17, 15) is 4.79 Å². The van der Waals surface area contributed by atoms with Gasteiger partial charge in [0.2, 0.25) is 0 Å². The number of nitrogens with one attached hydrogen (secondary N) is 1. The monoisotopic (exact) mass is 257 g/mol. The molecule has 0 saturated heterocycles. The van der Waals surface area contributed by atoms with Crippen LogP contribution in [0.1, 0.15) is 16.1 Å². The van der Waals surface area contributed by atoms with Crippen LogP contribution in [0.3, 0.4) is 0 Å². The van der Waals surface area contributed by atoms with Crippen LogP contribution in [0, 0.1) is 0 Å². The van der Waals surface area contributed by atoms with E-state index in [2.05, 4.69) is 15.4 Å². The highest BCUT2D eigenvalue weighted by Crippen LogP contribution is 2.08. The third-order valence-electron chi connectivity index (χ3n) is 2.63. The third kappa shape index (κ3) is 3.26. The quantitative estimate of drug-likeness (QED) is 0.631. The molecule has 2 heterocycles. The molecule has 2 rings (SSSR count).